The molecule has 4 nitrogen and oxygen atoms in total. The summed E-state index contributed by atoms with van der Waals surface area (Å²) >= 11 is 6.43. The highest BCUT2D eigenvalue weighted by Gasteiger charge is 2.33. The van der Waals surface area contributed by atoms with Crippen LogP contribution in [0.5, 0.6) is 0 Å². The van der Waals surface area contributed by atoms with Gasteiger partial charge in [0.15, 0.2) is 11.6 Å². The smallest absolute Gasteiger partial charge is 0.197 e. The number of carbonyl (C=O) groups is 2. The lowest BCUT2D eigenvalue weighted by Gasteiger charge is -2.02. The lowest BCUT2D eigenvalue weighted by Crippen LogP contribution is -2.00. The van der Waals surface area contributed by atoms with E-state index < -0.39 is 0 Å². The number of hydrogen-bond donors (Lipinski definition) is 0. The second-order valence-corrected chi connectivity index (χ2v) is 6.30. The zero-order valence-corrected chi connectivity index (χ0v) is 14.4. The zero-order chi connectivity index (χ0) is 18.4. The van der Waals surface area contributed by atoms with Gasteiger partial charge in [0, 0.05) is 16.7 Å². The van der Waals surface area contributed by atoms with Crippen molar-refractivity contribution >= 4 is 29.2 Å². The first-order valence-corrected chi connectivity index (χ1v) is 8.26. The average molecular weight is 367 g/mol. The number of ketones is 2. The van der Waals surface area contributed by atoms with Crippen LogP contribution in [-0.4, -0.2) is 21.3 Å². The van der Waals surface area contributed by atoms with Crippen LogP contribution < -0.4 is 0 Å². The van der Waals surface area contributed by atoms with E-state index in [2.05, 4.69) is 5.10 Å². The predicted octanol–water partition coefficient (Wildman–Crippen LogP) is 4.44. The fourth-order valence-corrected chi connectivity index (χ4v) is 3.30. The van der Waals surface area contributed by atoms with Crippen molar-refractivity contribution in [2.45, 2.75) is 6.92 Å². The van der Waals surface area contributed by atoms with Gasteiger partial charge < -0.3 is 0 Å². The monoisotopic (exact) mass is 366 g/mol. The van der Waals surface area contributed by atoms with Crippen molar-refractivity contribution in [1.29, 1.82) is 0 Å². The van der Waals surface area contributed by atoms with E-state index in [1.54, 1.807) is 43.3 Å². The van der Waals surface area contributed by atoms with E-state index in [4.69, 9.17) is 11.6 Å². The van der Waals surface area contributed by atoms with Crippen molar-refractivity contribution in [2.75, 3.05) is 0 Å². The number of Topliss-reactive ketones (excluding diaryl/α,β-unsaturated/α-hetero) is 2. The fourth-order valence-electron chi connectivity index (χ4n) is 2.98. The van der Waals surface area contributed by atoms with Crippen molar-refractivity contribution in [3.05, 3.63) is 87.5 Å². The zero-order valence-electron chi connectivity index (χ0n) is 13.7. The van der Waals surface area contributed by atoms with Gasteiger partial charge in [-0.1, -0.05) is 35.9 Å². The molecule has 3 aromatic rings. The van der Waals surface area contributed by atoms with Crippen molar-refractivity contribution in [3.8, 4) is 5.69 Å². The molecule has 0 amide bonds. The standard InChI is InChI=1S/C20H12ClFN2O2/c1-11-16(20(21)24(23-11)13-8-6-12(22)7-9-13)10-17-18(25)14-4-2-3-5-15(14)19(17)26/h2-10H,1H3. The Labute approximate surface area is 153 Å². The van der Waals surface area contributed by atoms with Crippen LogP contribution in [-0.2, 0) is 0 Å². The van der Waals surface area contributed by atoms with E-state index in [-0.39, 0.29) is 28.1 Å². The summed E-state index contributed by atoms with van der Waals surface area (Å²) in [5, 5.41) is 4.59. The van der Waals surface area contributed by atoms with Gasteiger partial charge in [0.1, 0.15) is 11.0 Å². The van der Waals surface area contributed by atoms with Gasteiger partial charge in [0.2, 0.25) is 0 Å². The molecule has 0 unspecified atom stereocenters. The lowest BCUT2D eigenvalue weighted by atomic mass is 10.1. The Hall–Kier alpha value is -3.05. The number of aryl methyl sites for hydroxylation is 1. The minimum Gasteiger partial charge on any atom is -0.288 e. The van der Waals surface area contributed by atoms with Crippen LogP contribution in [0.3, 0.4) is 0 Å². The van der Waals surface area contributed by atoms with Gasteiger partial charge in [0.05, 0.1) is 17.0 Å². The molecule has 0 bridgehead atoms. The molecule has 0 N–H and O–H groups in total. The van der Waals surface area contributed by atoms with Gasteiger partial charge in [-0.2, -0.15) is 5.10 Å². The molecule has 4 rings (SSSR count). The quantitative estimate of drug-likeness (QED) is 0.498. The number of nitrogens with zero attached hydrogens (tertiary/aromatic N) is 2. The topological polar surface area (TPSA) is 52.0 Å². The number of halogens is 2. The lowest BCUT2D eigenvalue weighted by molar-refractivity contribution is 0.0990. The van der Waals surface area contributed by atoms with Crippen molar-refractivity contribution in [1.82, 2.24) is 9.78 Å². The normalized spacial score (nSPS) is 13.3. The Morgan fingerprint density at radius 1 is 1.00 bits per heavy atom. The van der Waals surface area contributed by atoms with Crippen LogP contribution in [0.1, 0.15) is 32.0 Å². The molecule has 128 valence electrons. The summed E-state index contributed by atoms with van der Waals surface area (Å²) in [6.45, 7) is 1.73. The number of carbonyl (C=O) groups excluding carboxylic acids is 2. The van der Waals surface area contributed by atoms with Crippen molar-refractivity contribution in [3.63, 3.8) is 0 Å². The molecule has 1 aliphatic carbocycles. The summed E-state index contributed by atoms with van der Waals surface area (Å²) < 4.78 is 14.6. The molecular weight excluding hydrogens is 355 g/mol. The first-order valence-electron chi connectivity index (χ1n) is 7.88. The molecule has 0 atom stereocenters. The Morgan fingerprint density at radius 2 is 1.58 bits per heavy atom. The Balaban J connectivity index is 1.81. The van der Waals surface area contributed by atoms with Gasteiger partial charge in [0.25, 0.3) is 0 Å². The maximum Gasteiger partial charge on any atom is 0.197 e. The van der Waals surface area contributed by atoms with Gasteiger partial charge in [-0.15, -0.1) is 0 Å². The van der Waals surface area contributed by atoms with Gasteiger partial charge in [-0.3, -0.25) is 9.59 Å². The van der Waals surface area contributed by atoms with Crippen LogP contribution in [0.4, 0.5) is 4.39 Å². The van der Waals surface area contributed by atoms with Crippen molar-refractivity contribution in [2.24, 2.45) is 0 Å². The molecule has 0 aliphatic heterocycles. The maximum absolute atomic E-state index is 13.1. The third kappa shape index (κ3) is 2.48. The van der Waals surface area contributed by atoms with Gasteiger partial charge in [-0.25, -0.2) is 9.07 Å². The first kappa shape index (κ1) is 16.4. The molecular formula is C20H12ClFN2O2. The molecule has 0 saturated heterocycles. The second-order valence-electron chi connectivity index (χ2n) is 5.94. The third-order valence-corrected chi connectivity index (χ3v) is 4.68. The van der Waals surface area contributed by atoms with E-state index in [9.17, 15) is 14.0 Å². The van der Waals surface area contributed by atoms with E-state index in [0.29, 0.717) is 28.1 Å². The number of allylic oxidation sites excluding steroid dienone is 1. The molecule has 0 fully saturated rings. The minimum absolute atomic E-state index is 0.0647. The summed E-state index contributed by atoms with van der Waals surface area (Å²) in [4.78, 5) is 25.1. The molecule has 1 aromatic heterocycles. The van der Waals surface area contributed by atoms with Gasteiger partial charge in [-0.05, 0) is 37.3 Å². The molecule has 6 heteroatoms. The molecule has 1 aliphatic rings. The van der Waals surface area contributed by atoms with Crippen LogP contribution in [0.2, 0.25) is 5.15 Å². The van der Waals surface area contributed by atoms with Gasteiger partial charge >= 0.3 is 0 Å². The Kier molecular flexibility index (Phi) is 3.81. The van der Waals surface area contributed by atoms with E-state index in [1.165, 1.54) is 22.9 Å². The van der Waals surface area contributed by atoms with E-state index in [0.717, 1.165) is 0 Å². The molecule has 2 aromatic carbocycles. The summed E-state index contributed by atoms with van der Waals surface area (Å²) in [7, 11) is 0. The number of benzene rings is 2. The fraction of sp³-hybridized carbons (Fsp3) is 0.0500. The van der Waals surface area contributed by atoms with E-state index >= 15 is 0 Å². The van der Waals surface area contributed by atoms with Crippen LogP contribution in [0.15, 0.2) is 54.1 Å². The van der Waals surface area contributed by atoms with E-state index in [1.807, 2.05) is 0 Å². The Morgan fingerprint density at radius 3 is 2.15 bits per heavy atom. The molecule has 26 heavy (non-hydrogen) atoms. The minimum atomic E-state index is -0.365. The highest BCUT2D eigenvalue weighted by Crippen LogP contribution is 2.31. The SMILES string of the molecule is Cc1nn(-c2ccc(F)cc2)c(Cl)c1C=C1C(=O)c2ccccc2C1=O. The first-order chi connectivity index (χ1) is 12.5. The average Bonchev–Trinajstić information content (AvgIpc) is 3.06. The maximum atomic E-state index is 13.1. The largest absolute Gasteiger partial charge is 0.288 e. The number of hydrogen-bond acceptors (Lipinski definition) is 3. The number of aromatic nitrogens is 2. The highest BCUT2D eigenvalue weighted by molar-refractivity contribution is 6.41. The summed E-state index contributed by atoms with van der Waals surface area (Å²) in [5.74, 6) is -1.01. The summed E-state index contributed by atoms with van der Waals surface area (Å²) in [6, 6.07) is 12.4. The summed E-state index contributed by atoms with van der Waals surface area (Å²) in [6.07, 6.45) is 1.48. The molecule has 0 saturated carbocycles. The third-order valence-electron chi connectivity index (χ3n) is 4.31. The summed E-state index contributed by atoms with van der Waals surface area (Å²) in [5.41, 5.74) is 2.47. The Bertz CT molecular complexity index is 1060. The van der Waals surface area contributed by atoms with Crippen LogP contribution in [0, 0.1) is 12.7 Å². The molecule has 0 spiro atoms. The van der Waals surface area contributed by atoms with Crippen molar-refractivity contribution < 1.29 is 14.0 Å². The number of fused-ring (bicyclic) bond motifs is 1. The highest BCUT2D eigenvalue weighted by atomic mass is 35.5. The second kappa shape index (κ2) is 6.04. The molecule has 0 radical (unpaired) electrons. The van der Waals surface area contributed by atoms with Crippen LogP contribution in [0.25, 0.3) is 11.8 Å². The predicted molar refractivity (Wildman–Crippen MR) is 96.3 cm³/mol. The number of rotatable bonds is 2. The van der Waals surface area contributed by atoms with Crippen LogP contribution >= 0.6 is 11.6 Å². The molecule has 1 heterocycles.